The highest BCUT2D eigenvalue weighted by molar-refractivity contribution is 9.13. The largest absolute Gasteiger partial charge is 0.503 e. The summed E-state index contributed by atoms with van der Waals surface area (Å²) < 4.78 is 11.8. The van der Waals surface area contributed by atoms with E-state index in [1.165, 1.54) is 7.11 Å². The van der Waals surface area contributed by atoms with E-state index in [9.17, 15) is 5.11 Å². The van der Waals surface area contributed by atoms with Crippen molar-refractivity contribution in [3.05, 3.63) is 20.6 Å². The predicted molar refractivity (Wildman–Crippen MR) is 126 cm³/mol. The number of methoxy groups -OCH3 is 1. The number of phenolic OH excluding ortho intramolecular Hbond substituents is 1. The van der Waals surface area contributed by atoms with Gasteiger partial charge < -0.3 is 24.4 Å². The second-order valence-corrected chi connectivity index (χ2v) is 8.65. The third kappa shape index (κ3) is 5.01. The molecule has 10 nitrogen and oxygen atoms in total. The zero-order valence-electron chi connectivity index (χ0n) is 17.0. The van der Waals surface area contributed by atoms with E-state index < -0.39 is 0 Å². The smallest absolute Gasteiger partial charge is 0.250 e. The summed E-state index contributed by atoms with van der Waals surface area (Å²) >= 11 is 6.80. The molecule has 1 aromatic heterocycles. The molecule has 0 saturated carbocycles. The van der Waals surface area contributed by atoms with Crippen molar-refractivity contribution in [1.82, 2.24) is 15.0 Å². The van der Waals surface area contributed by atoms with Gasteiger partial charge in [0.2, 0.25) is 17.8 Å². The Kier molecular flexibility index (Phi) is 7.08. The standard InChI is InChI=1S/C19H23Br2N7O3/c1-30-13-10-12(14(20)15(21)16(13)29)11-22-26-17-23-18(27-4-2-3-5-27)25-19(24-17)28-6-8-31-9-7-28/h10-11,29H,2-9H2,1H3,(H,23,24,25,26)/b22-11+. The average Bonchev–Trinajstić information content (AvgIpc) is 3.35. The molecule has 0 radical (unpaired) electrons. The van der Waals surface area contributed by atoms with Gasteiger partial charge in [0.15, 0.2) is 11.5 Å². The zero-order valence-corrected chi connectivity index (χ0v) is 20.2. The maximum atomic E-state index is 10.1. The Balaban J connectivity index is 1.59. The fourth-order valence-electron chi connectivity index (χ4n) is 3.39. The molecule has 2 aliphatic rings. The minimum Gasteiger partial charge on any atom is -0.503 e. The summed E-state index contributed by atoms with van der Waals surface area (Å²) in [6.45, 7) is 4.64. The van der Waals surface area contributed by atoms with Crippen LogP contribution in [0.1, 0.15) is 18.4 Å². The molecule has 3 heterocycles. The van der Waals surface area contributed by atoms with Gasteiger partial charge in [-0.1, -0.05) is 0 Å². The first-order valence-electron chi connectivity index (χ1n) is 9.94. The van der Waals surface area contributed by atoms with Crippen molar-refractivity contribution < 1.29 is 14.6 Å². The summed E-state index contributed by atoms with van der Waals surface area (Å²) in [6.07, 6.45) is 3.86. The monoisotopic (exact) mass is 555 g/mol. The zero-order chi connectivity index (χ0) is 21.8. The quantitative estimate of drug-likeness (QED) is 0.410. The van der Waals surface area contributed by atoms with Crippen LogP contribution in [0.25, 0.3) is 0 Å². The van der Waals surface area contributed by atoms with Crippen molar-refractivity contribution in [2.24, 2.45) is 5.10 Å². The highest BCUT2D eigenvalue weighted by atomic mass is 79.9. The number of morpholine rings is 1. The normalized spacial score (nSPS) is 16.9. The van der Waals surface area contributed by atoms with Crippen molar-refractivity contribution >= 4 is 55.9 Å². The van der Waals surface area contributed by atoms with E-state index in [0.29, 0.717) is 51.3 Å². The minimum absolute atomic E-state index is 0.0161. The van der Waals surface area contributed by atoms with E-state index in [4.69, 9.17) is 9.47 Å². The Labute approximate surface area is 196 Å². The van der Waals surface area contributed by atoms with Crippen LogP contribution in [0.2, 0.25) is 0 Å². The number of halogens is 2. The van der Waals surface area contributed by atoms with E-state index in [1.54, 1.807) is 12.3 Å². The van der Waals surface area contributed by atoms with Crippen molar-refractivity contribution in [3.8, 4) is 11.5 Å². The first-order chi connectivity index (χ1) is 15.1. The maximum Gasteiger partial charge on any atom is 0.250 e. The van der Waals surface area contributed by atoms with Crippen molar-refractivity contribution in [1.29, 1.82) is 0 Å². The highest BCUT2D eigenvalue weighted by Crippen LogP contribution is 2.41. The first kappa shape index (κ1) is 22.0. The third-order valence-electron chi connectivity index (χ3n) is 5.06. The van der Waals surface area contributed by atoms with Crippen molar-refractivity contribution in [2.45, 2.75) is 12.8 Å². The molecule has 0 unspecified atom stereocenters. The number of hydrogen-bond donors (Lipinski definition) is 2. The van der Waals surface area contributed by atoms with Crippen LogP contribution in [-0.4, -0.2) is 72.8 Å². The SMILES string of the molecule is COc1cc(/C=N/Nc2nc(N3CCCC3)nc(N3CCOCC3)n2)c(Br)c(Br)c1O. The van der Waals surface area contributed by atoms with E-state index in [0.717, 1.165) is 39.0 Å². The number of rotatable bonds is 6. The van der Waals surface area contributed by atoms with Gasteiger partial charge in [0.05, 0.1) is 31.0 Å². The van der Waals surface area contributed by atoms with Crippen LogP contribution < -0.4 is 20.0 Å². The molecular formula is C19H23Br2N7O3. The number of nitrogens with one attached hydrogen (secondary N) is 1. The summed E-state index contributed by atoms with van der Waals surface area (Å²) in [6, 6.07) is 1.68. The number of hydrogen-bond acceptors (Lipinski definition) is 10. The molecule has 1 aromatic carbocycles. The second-order valence-electron chi connectivity index (χ2n) is 7.07. The van der Waals surface area contributed by atoms with Gasteiger partial charge in [0, 0.05) is 36.2 Å². The van der Waals surface area contributed by atoms with Gasteiger partial charge in [-0.3, -0.25) is 0 Å². The molecule has 2 N–H and O–H groups in total. The summed E-state index contributed by atoms with van der Waals surface area (Å²) in [4.78, 5) is 18.1. The Morgan fingerprint density at radius 2 is 1.71 bits per heavy atom. The molecule has 2 saturated heterocycles. The summed E-state index contributed by atoms with van der Waals surface area (Å²) in [7, 11) is 1.49. The third-order valence-corrected chi connectivity index (χ3v) is 7.22. The van der Waals surface area contributed by atoms with Crippen molar-refractivity contribution in [2.75, 3.05) is 61.7 Å². The van der Waals surface area contributed by atoms with Gasteiger partial charge in [-0.15, -0.1) is 0 Å². The lowest BCUT2D eigenvalue weighted by Gasteiger charge is -2.27. The van der Waals surface area contributed by atoms with Gasteiger partial charge in [0.1, 0.15) is 0 Å². The van der Waals surface area contributed by atoms with Crippen LogP contribution in [0.5, 0.6) is 11.5 Å². The van der Waals surface area contributed by atoms with Crippen LogP contribution >= 0.6 is 31.9 Å². The lowest BCUT2D eigenvalue weighted by Crippen LogP contribution is -2.38. The topological polar surface area (TPSA) is 108 Å². The van der Waals surface area contributed by atoms with Gasteiger partial charge >= 0.3 is 0 Å². The molecule has 31 heavy (non-hydrogen) atoms. The van der Waals surface area contributed by atoms with Crippen molar-refractivity contribution in [3.63, 3.8) is 0 Å². The fraction of sp³-hybridized carbons (Fsp3) is 0.474. The second kappa shape index (κ2) is 9.96. The molecule has 12 heteroatoms. The Morgan fingerprint density at radius 3 is 2.35 bits per heavy atom. The molecular weight excluding hydrogens is 534 g/mol. The van der Waals surface area contributed by atoms with Crippen LogP contribution in [0.15, 0.2) is 20.1 Å². The van der Waals surface area contributed by atoms with E-state index >= 15 is 0 Å². The molecule has 2 aromatic rings. The number of nitrogens with zero attached hydrogens (tertiary/aromatic N) is 6. The first-order valence-corrected chi connectivity index (χ1v) is 11.5. The van der Waals surface area contributed by atoms with E-state index in [1.807, 2.05) is 0 Å². The maximum absolute atomic E-state index is 10.1. The number of benzene rings is 1. The van der Waals surface area contributed by atoms with Crippen LogP contribution in [-0.2, 0) is 4.74 Å². The Hall–Kier alpha value is -2.18. The Bertz CT molecular complexity index is 964. The molecule has 0 aliphatic carbocycles. The number of aromatic nitrogens is 3. The number of phenols is 1. The van der Waals surface area contributed by atoms with Gasteiger partial charge in [0.25, 0.3) is 0 Å². The van der Waals surface area contributed by atoms with Crippen LogP contribution in [0.4, 0.5) is 17.8 Å². The van der Waals surface area contributed by atoms with Crippen LogP contribution in [0, 0.1) is 0 Å². The molecule has 0 atom stereocenters. The van der Waals surface area contributed by atoms with E-state index in [2.05, 4.69) is 67.1 Å². The number of ether oxygens (including phenoxy) is 2. The molecule has 4 rings (SSSR count). The predicted octanol–water partition coefficient (Wildman–Crippen LogP) is 2.99. The average molecular weight is 557 g/mol. The lowest BCUT2D eigenvalue weighted by molar-refractivity contribution is 0.122. The van der Waals surface area contributed by atoms with Gasteiger partial charge in [-0.25, -0.2) is 5.43 Å². The molecule has 0 spiro atoms. The summed E-state index contributed by atoms with van der Waals surface area (Å²) in [5, 5.41) is 14.4. The minimum atomic E-state index is 0.0161. The van der Waals surface area contributed by atoms with Gasteiger partial charge in [-0.2, -0.15) is 20.1 Å². The summed E-state index contributed by atoms with van der Waals surface area (Å²) in [5.74, 6) is 2.00. The number of hydrazone groups is 1. The molecule has 166 valence electrons. The molecule has 2 fully saturated rings. The highest BCUT2D eigenvalue weighted by Gasteiger charge is 2.21. The molecule has 0 bridgehead atoms. The molecule has 0 amide bonds. The fourth-order valence-corrected chi connectivity index (χ4v) is 4.22. The molecule has 2 aliphatic heterocycles. The Morgan fingerprint density at radius 1 is 1.06 bits per heavy atom. The summed E-state index contributed by atoms with van der Waals surface area (Å²) in [5.41, 5.74) is 3.62. The lowest BCUT2D eigenvalue weighted by atomic mass is 10.2. The van der Waals surface area contributed by atoms with E-state index in [-0.39, 0.29) is 5.75 Å². The number of anilines is 3. The van der Waals surface area contributed by atoms with Crippen LogP contribution in [0.3, 0.4) is 0 Å². The number of aromatic hydroxyl groups is 1. The van der Waals surface area contributed by atoms with Gasteiger partial charge in [-0.05, 0) is 50.8 Å².